The normalized spacial score (nSPS) is 11.0. The van der Waals surface area contributed by atoms with Crippen molar-refractivity contribution in [3.05, 3.63) is 94.9 Å². The maximum Gasteiger partial charge on any atom is 0.266 e. The highest BCUT2D eigenvalue weighted by Gasteiger charge is 2.14. The summed E-state index contributed by atoms with van der Waals surface area (Å²) < 4.78 is 8.50. The number of hydrogen-bond donors (Lipinski definition) is 1. The Labute approximate surface area is 215 Å². The molecule has 0 bridgehead atoms. The highest BCUT2D eigenvalue weighted by atomic mass is 127. The monoisotopic (exact) mass is 670 g/mol. The Morgan fingerprint density at radius 2 is 1.77 bits per heavy atom. The number of nitrogens with one attached hydrogen (secondary N) is 1. The SMILES string of the molecule is N#C/C(=C\c1cc(Br)c(OCc2ccc(I)cc2)c(Br)c1)C(=O)Nc1ccccc1Cl. The molecule has 0 saturated carbocycles. The van der Waals surface area contributed by atoms with Gasteiger partial charge in [-0.1, -0.05) is 35.9 Å². The van der Waals surface area contributed by atoms with Crippen molar-refractivity contribution >= 4 is 83.7 Å². The van der Waals surface area contributed by atoms with Gasteiger partial charge in [0.15, 0.2) is 0 Å². The Hall–Kier alpha value is -1.86. The largest absolute Gasteiger partial charge is 0.487 e. The first-order chi connectivity index (χ1) is 14.9. The van der Waals surface area contributed by atoms with E-state index in [0.717, 1.165) is 9.13 Å². The van der Waals surface area contributed by atoms with Gasteiger partial charge in [0.25, 0.3) is 5.91 Å². The zero-order chi connectivity index (χ0) is 22.4. The predicted molar refractivity (Wildman–Crippen MR) is 139 cm³/mol. The Morgan fingerprint density at radius 3 is 2.39 bits per heavy atom. The van der Waals surface area contributed by atoms with Crippen LogP contribution in [0.1, 0.15) is 11.1 Å². The lowest BCUT2D eigenvalue weighted by Crippen LogP contribution is -2.13. The molecule has 0 fully saturated rings. The highest BCUT2D eigenvalue weighted by Crippen LogP contribution is 2.36. The van der Waals surface area contributed by atoms with Gasteiger partial charge in [-0.25, -0.2) is 0 Å². The first-order valence-corrected chi connectivity index (χ1v) is 12.0. The average molecular weight is 673 g/mol. The van der Waals surface area contributed by atoms with Crippen LogP contribution < -0.4 is 10.1 Å². The maximum atomic E-state index is 12.5. The van der Waals surface area contributed by atoms with Gasteiger partial charge in [-0.3, -0.25) is 4.79 Å². The molecule has 156 valence electrons. The molecule has 0 radical (unpaired) electrons. The molecule has 0 spiro atoms. The summed E-state index contributed by atoms with van der Waals surface area (Å²) in [5, 5.41) is 12.5. The molecular formula is C23H14Br2ClIN2O2. The van der Waals surface area contributed by atoms with Crippen LogP contribution in [0.4, 0.5) is 5.69 Å². The van der Waals surface area contributed by atoms with E-state index in [4.69, 9.17) is 16.3 Å². The summed E-state index contributed by atoms with van der Waals surface area (Å²) in [5.74, 6) is 0.0941. The molecule has 0 aliphatic heterocycles. The molecule has 8 heteroatoms. The van der Waals surface area contributed by atoms with E-state index in [1.165, 1.54) is 6.08 Å². The summed E-state index contributed by atoms with van der Waals surface area (Å²) in [6.07, 6.45) is 1.50. The number of anilines is 1. The Morgan fingerprint density at radius 1 is 1.13 bits per heavy atom. The zero-order valence-electron chi connectivity index (χ0n) is 15.8. The van der Waals surface area contributed by atoms with E-state index in [1.54, 1.807) is 36.4 Å². The van der Waals surface area contributed by atoms with Gasteiger partial charge in [-0.05, 0) is 108 Å². The Bertz CT molecular complexity index is 1170. The summed E-state index contributed by atoms with van der Waals surface area (Å²) in [5.41, 5.74) is 2.10. The molecule has 0 atom stereocenters. The van der Waals surface area contributed by atoms with Crippen molar-refractivity contribution in [2.45, 2.75) is 6.61 Å². The van der Waals surface area contributed by atoms with Crippen LogP contribution in [0.25, 0.3) is 6.08 Å². The van der Waals surface area contributed by atoms with Gasteiger partial charge < -0.3 is 10.1 Å². The fourth-order valence-electron chi connectivity index (χ4n) is 2.60. The fourth-order valence-corrected chi connectivity index (χ4v) is 4.60. The molecule has 0 unspecified atom stereocenters. The lowest BCUT2D eigenvalue weighted by atomic mass is 10.1. The molecule has 4 nitrogen and oxygen atoms in total. The van der Waals surface area contributed by atoms with Gasteiger partial charge >= 0.3 is 0 Å². The molecule has 1 amide bonds. The molecule has 3 aromatic carbocycles. The molecule has 0 aliphatic carbocycles. The lowest BCUT2D eigenvalue weighted by Gasteiger charge is -2.12. The number of carbonyl (C=O) groups excluding carboxylic acids is 1. The predicted octanol–water partition coefficient (Wildman–Crippen LogP) is 7.59. The number of carbonyl (C=O) groups is 1. The molecule has 1 N–H and O–H groups in total. The van der Waals surface area contributed by atoms with Crippen LogP contribution >= 0.6 is 66.1 Å². The third kappa shape index (κ3) is 6.56. The van der Waals surface area contributed by atoms with Crippen molar-refractivity contribution in [2.24, 2.45) is 0 Å². The summed E-state index contributed by atoms with van der Waals surface area (Å²) in [4.78, 5) is 12.5. The van der Waals surface area contributed by atoms with Crippen molar-refractivity contribution in [1.82, 2.24) is 0 Å². The third-order valence-corrected chi connectivity index (χ3v) is 6.34. The number of halogens is 4. The van der Waals surface area contributed by atoms with Crippen LogP contribution in [-0.2, 0) is 11.4 Å². The van der Waals surface area contributed by atoms with E-state index in [1.807, 2.05) is 30.3 Å². The smallest absolute Gasteiger partial charge is 0.266 e. The number of nitriles is 1. The van der Waals surface area contributed by atoms with E-state index in [9.17, 15) is 10.1 Å². The maximum absolute atomic E-state index is 12.5. The highest BCUT2D eigenvalue weighted by molar-refractivity contribution is 14.1. The second-order valence-electron chi connectivity index (χ2n) is 6.33. The molecule has 0 saturated heterocycles. The molecule has 3 aromatic rings. The minimum absolute atomic E-state index is 0.0497. The van der Waals surface area contributed by atoms with Crippen LogP contribution in [0.5, 0.6) is 5.75 Å². The van der Waals surface area contributed by atoms with E-state index < -0.39 is 5.91 Å². The second kappa shape index (κ2) is 11.1. The average Bonchev–Trinajstić information content (AvgIpc) is 2.74. The van der Waals surface area contributed by atoms with Crippen molar-refractivity contribution in [3.8, 4) is 11.8 Å². The minimum atomic E-state index is -0.540. The van der Waals surface area contributed by atoms with Crippen molar-refractivity contribution in [2.75, 3.05) is 5.32 Å². The quantitative estimate of drug-likeness (QED) is 0.167. The van der Waals surface area contributed by atoms with Crippen molar-refractivity contribution in [1.29, 1.82) is 5.26 Å². The zero-order valence-corrected chi connectivity index (χ0v) is 21.9. The first kappa shape index (κ1) is 23.8. The van der Waals surface area contributed by atoms with E-state index >= 15 is 0 Å². The molecule has 31 heavy (non-hydrogen) atoms. The molecule has 0 heterocycles. The Balaban J connectivity index is 1.78. The fraction of sp³-hybridized carbons (Fsp3) is 0.0435. The summed E-state index contributed by atoms with van der Waals surface area (Å²) in [6.45, 7) is 0.410. The van der Waals surface area contributed by atoms with Gasteiger partial charge in [-0.2, -0.15) is 5.26 Å². The van der Waals surface area contributed by atoms with Crippen LogP contribution in [0.15, 0.2) is 75.2 Å². The number of nitrogens with zero attached hydrogens (tertiary/aromatic N) is 1. The second-order valence-corrected chi connectivity index (χ2v) is 9.69. The van der Waals surface area contributed by atoms with Gasteiger partial charge in [-0.15, -0.1) is 0 Å². The summed E-state index contributed by atoms with van der Waals surface area (Å²) in [7, 11) is 0. The molecule has 3 rings (SSSR count). The van der Waals surface area contributed by atoms with Crippen LogP contribution in [-0.4, -0.2) is 5.91 Å². The third-order valence-electron chi connectivity index (χ3n) is 4.12. The Kier molecular flexibility index (Phi) is 8.55. The van der Waals surface area contributed by atoms with E-state index in [0.29, 0.717) is 37.6 Å². The van der Waals surface area contributed by atoms with Gasteiger partial charge in [0.05, 0.1) is 19.7 Å². The number of benzene rings is 3. The standard InChI is InChI=1S/C23H14Br2ClIN2O2/c24-18-10-15(9-16(12-28)23(30)29-21-4-2-1-3-20(21)26)11-19(25)22(18)31-13-14-5-7-17(27)8-6-14/h1-11H,13H2,(H,29,30)/b16-9+. The molecule has 0 aliphatic rings. The summed E-state index contributed by atoms with van der Waals surface area (Å²) >= 11 is 15.3. The number of para-hydroxylation sites is 1. The van der Waals surface area contributed by atoms with Crippen molar-refractivity contribution in [3.63, 3.8) is 0 Å². The van der Waals surface area contributed by atoms with Crippen molar-refractivity contribution < 1.29 is 9.53 Å². The number of hydrogen-bond acceptors (Lipinski definition) is 3. The number of amides is 1. The van der Waals surface area contributed by atoms with Crippen LogP contribution in [0.3, 0.4) is 0 Å². The van der Waals surface area contributed by atoms with E-state index in [-0.39, 0.29) is 5.57 Å². The van der Waals surface area contributed by atoms with Crippen LogP contribution in [0.2, 0.25) is 5.02 Å². The van der Waals surface area contributed by atoms with E-state index in [2.05, 4.69) is 59.8 Å². The van der Waals surface area contributed by atoms with Gasteiger partial charge in [0, 0.05) is 3.57 Å². The minimum Gasteiger partial charge on any atom is -0.487 e. The van der Waals surface area contributed by atoms with Crippen LogP contribution in [0, 0.1) is 14.9 Å². The topological polar surface area (TPSA) is 62.1 Å². The first-order valence-electron chi connectivity index (χ1n) is 8.91. The summed E-state index contributed by atoms with van der Waals surface area (Å²) in [6, 6.07) is 20.4. The van der Waals surface area contributed by atoms with Gasteiger partial charge in [0.1, 0.15) is 24.0 Å². The molecular weight excluding hydrogens is 658 g/mol. The number of ether oxygens (including phenoxy) is 1. The molecule has 0 aromatic heterocycles. The number of rotatable bonds is 6. The van der Waals surface area contributed by atoms with Gasteiger partial charge in [0.2, 0.25) is 0 Å². The lowest BCUT2D eigenvalue weighted by molar-refractivity contribution is -0.112.